The topological polar surface area (TPSA) is 603 Å². The van der Waals surface area contributed by atoms with Crippen molar-refractivity contribution in [1.29, 1.82) is 16.2 Å². The van der Waals surface area contributed by atoms with Gasteiger partial charge < -0.3 is 119 Å². The van der Waals surface area contributed by atoms with Crippen molar-refractivity contribution in [2.24, 2.45) is 40.1 Å². The summed E-state index contributed by atoms with van der Waals surface area (Å²) in [5.74, 6) is -7.97. The fraction of sp³-hybridized carbons (Fsp3) is 0.397. The molecule has 0 bridgehead atoms. The zero-order chi connectivity index (χ0) is 76.9. The Hall–Kier alpha value is -12.0. The van der Waals surface area contributed by atoms with E-state index in [1.54, 1.807) is 43.0 Å². The van der Waals surface area contributed by atoms with Gasteiger partial charge in [0.2, 0.25) is 53.2 Å². The van der Waals surface area contributed by atoms with Crippen LogP contribution < -0.4 is 98.6 Å². The number of aromatic amines is 4. The minimum absolute atomic E-state index is 0.0122. The Morgan fingerprint density at radius 2 is 0.561 bits per heavy atom. The molecule has 8 aromatic rings. The van der Waals surface area contributed by atoms with Gasteiger partial charge in [0.25, 0.3) is 0 Å². The first kappa shape index (κ1) is 80.6. The Balaban J connectivity index is 1.10. The molecule has 4 heterocycles. The van der Waals surface area contributed by atoms with Crippen LogP contribution in [0, 0.1) is 16.2 Å². The van der Waals surface area contributed by atoms with Crippen molar-refractivity contribution in [1.82, 2.24) is 78.4 Å². The molecule has 0 saturated heterocycles. The highest BCUT2D eigenvalue weighted by Crippen LogP contribution is 2.25. The first-order chi connectivity index (χ1) is 51.5. The lowest BCUT2D eigenvalue weighted by atomic mass is 10.00. The fourth-order valence-electron chi connectivity index (χ4n) is 12.8. The maximum Gasteiger partial charge on any atom is 0.243 e. The second-order valence-corrected chi connectivity index (χ2v) is 26.4. The number of unbranched alkanes of at least 4 members (excludes halogenated alkanes) is 3. The SMILES string of the molecule is N=C(N)NCCCC[C@H](NC(=O)[C@H](CCCCNC(=N)N)NC(=O)[C@H](Cc1c[nH]c2ccccc12)NC(=O)[C@@H](Cc1c[nH]c2ccccc12)NC(=O)[C@@H](CCN)NC(=O)[C@@H](Cc1c[nH]c2ccccc12)NC(=O)[C@H](Cc1c[nH]c2ccccc12)NC(=O)[C@@H](CCCCNC(=N)N)NC(=O)[C@@H](N)CCN)C(N)=O. The van der Waals surface area contributed by atoms with Gasteiger partial charge in [0.1, 0.15) is 48.3 Å². The third-order valence-corrected chi connectivity index (χ3v) is 18.5. The average Bonchev–Trinajstić information content (AvgIpc) is 1.78. The number of hydrogen-bond donors (Lipinski definition) is 25. The van der Waals surface area contributed by atoms with Crippen LogP contribution >= 0.6 is 0 Å². The molecule has 0 aliphatic rings. The number of nitrogens with two attached hydrogens (primary N) is 7. The summed E-state index contributed by atoms with van der Waals surface area (Å²) in [5.41, 5.74) is 45.7. The smallest absolute Gasteiger partial charge is 0.243 e. The van der Waals surface area contributed by atoms with Crippen LogP contribution in [-0.2, 0) is 68.8 Å². The third kappa shape index (κ3) is 24.0. The summed E-state index contributed by atoms with van der Waals surface area (Å²) in [6, 6.07) is 17.0. The monoisotopic (exact) mass is 1470 g/mol. The Morgan fingerprint density at radius 1 is 0.318 bits per heavy atom. The van der Waals surface area contributed by atoms with Crippen LogP contribution in [0.3, 0.4) is 0 Å². The summed E-state index contributed by atoms with van der Waals surface area (Å²) in [5, 5.41) is 56.3. The molecular weight excluding hydrogens is 1370 g/mol. The number of para-hydroxylation sites is 4. The van der Waals surface area contributed by atoms with E-state index in [2.05, 4.69) is 78.4 Å². The van der Waals surface area contributed by atoms with Gasteiger partial charge in [-0.05, 0) is 130 Å². The average molecular weight is 1470 g/mol. The Labute approximate surface area is 617 Å². The molecule has 0 unspecified atom stereocenters. The van der Waals surface area contributed by atoms with Gasteiger partial charge in [-0.15, -0.1) is 0 Å². The first-order valence-corrected chi connectivity index (χ1v) is 35.8. The lowest BCUT2D eigenvalue weighted by molar-refractivity contribution is -0.136. The van der Waals surface area contributed by atoms with Crippen LogP contribution in [0.1, 0.15) is 92.9 Å². The number of guanidine groups is 3. The Kier molecular flexibility index (Phi) is 30.4. The van der Waals surface area contributed by atoms with Crippen molar-refractivity contribution in [3.05, 3.63) is 144 Å². The molecular formula is C73H101N25O9. The standard InChI is InChI=1S/C73H101N25O9/c74-28-26-49(76)63(100)92-55(24-10-13-31-85-72(80)81)65(102)95-60(35-43-39-89-52-21-7-3-17-47(43)52)69(106)98-59(34-42-38-88-51-20-6-2-16-46(42)51)68(105)94-57(27-29-75)66(103)96-61(36-44-40-90-53-22-8-4-18-48(44)53)70(107)97-58(33-41-37-87-50-19-5-1-15-45(41)50)67(104)93-56(25-11-14-32-86-73(82)83)64(101)91-54(62(77)99)23-9-12-30-84-71(78)79/h1-8,15-22,37-40,49,54-61,87-90H,9-14,23-36,74-76H2,(H2,77,99)(H,91,101)(H,92,100)(H,93,104)(H,94,105)(H,95,102)(H,96,103)(H,97,107)(H,98,106)(H4,78,79,84)(H4,80,81,85)(H4,82,83,86)/t49-,54-,55+,56-,57+,58-,59+,60-,61+/m0/s1. The molecule has 0 aliphatic heterocycles. The zero-order valence-electron chi connectivity index (χ0n) is 59.6. The summed E-state index contributed by atoms with van der Waals surface area (Å²) < 4.78 is 0. The molecule has 0 aliphatic carbocycles. The van der Waals surface area contributed by atoms with Crippen molar-refractivity contribution in [2.45, 2.75) is 151 Å². The number of aromatic nitrogens is 4. The minimum atomic E-state index is -1.51. The van der Waals surface area contributed by atoms with Crippen molar-refractivity contribution in [2.75, 3.05) is 32.7 Å². The number of rotatable bonds is 44. The van der Waals surface area contributed by atoms with Gasteiger partial charge in [-0.3, -0.25) is 59.4 Å². The molecule has 0 radical (unpaired) electrons. The van der Waals surface area contributed by atoms with E-state index in [9.17, 15) is 19.2 Å². The van der Waals surface area contributed by atoms with E-state index >= 15 is 24.0 Å². The van der Waals surface area contributed by atoms with Gasteiger partial charge in [0.15, 0.2) is 17.9 Å². The van der Waals surface area contributed by atoms with Gasteiger partial charge in [0, 0.05) is 114 Å². The number of fused-ring (bicyclic) bond motifs is 4. The third-order valence-electron chi connectivity index (χ3n) is 18.5. The molecule has 4 aromatic heterocycles. The summed E-state index contributed by atoms with van der Waals surface area (Å²) in [7, 11) is 0. The molecule has 32 N–H and O–H groups in total. The van der Waals surface area contributed by atoms with Crippen LogP contribution in [0.2, 0.25) is 0 Å². The van der Waals surface area contributed by atoms with E-state index in [1.165, 1.54) is 0 Å². The molecule has 9 atom stereocenters. The van der Waals surface area contributed by atoms with E-state index in [1.807, 2.05) is 78.9 Å². The maximum atomic E-state index is 15.5. The van der Waals surface area contributed by atoms with E-state index in [4.69, 9.17) is 56.4 Å². The van der Waals surface area contributed by atoms with Crippen LogP contribution in [0.15, 0.2) is 122 Å². The largest absolute Gasteiger partial charge is 0.370 e. The molecule has 9 amide bonds. The predicted octanol–water partition coefficient (Wildman–Crippen LogP) is -0.769. The molecule has 0 spiro atoms. The fourth-order valence-corrected chi connectivity index (χ4v) is 12.8. The second-order valence-electron chi connectivity index (χ2n) is 26.4. The molecule has 34 nitrogen and oxygen atoms in total. The van der Waals surface area contributed by atoms with Crippen LogP contribution in [0.25, 0.3) is 43.6 Å². The highest BCUT2D eigenvalue weighted by Gasteiger charge is 2.37. The summed E-state index contributed by atoms with van der Waals surface area (Å²) in [6.07, 6.45) is 8.59. The number of H-pyrrole nitrogens is 4. The highest BCUT2D eigenvalue weighted by molar-refractivity contribution is 6.00. The number of amides is 9. The molecule has 8 rings (SSSR count). The van der Waals surface area contributed by atoms with Gasteiger partial charge in [-0.1, -0.05) is 72.8 Å². The van der Waals surface area contributed by atoms with Crippen molar-refractivity contribution in [3.8, 4) is 0 Å². The molecule has 107 heavy (non-hydrogen) atoms. The van der Waals surface area contributed by atoms with Crippen molar-refractivity contribution < 1.29 is 43.2 Å². The summed E-state index contributed by atoms with van der Waals surface area (Å²) in [6.45, 7) is 0.794. The molecule has 4 aromatic carbocycles. The Bertz CT molecular complexity index is 4390. The van der Waals surface area contributed by atoms with E-state index in [-0.39, 0.29) is 95.3 Å². The quantitative estimate of drug-likeness (QED) is 0.0127. The predicted molar refractivity (Wildman–Crippen MR) is 409 cm³/mol. The van der Waals surface area contributed by atoms with Gasteiger partial charge in [-0.25, -0.2) is 0 Å². The number of primary amides is 1. The van der Waals surface area contributed by atoms with Crippen LogP contribution in [-0.4, -0.2) is 178 Å². The zero-order valence-corrected chi connectivity index (χ0v) is 59.6. The van der Waals surface area contributed by atoms with E-state index in [0.717, 1.165) is 16.4 Å². The number of nitrogens with one attached hydrogen (secondary N) is 18. The Morgan fingerprint density at radius 3 is 0.841 bits per heavy atom. The number of carbonyl (C=O) groups is 9. The first-order valence-electron chi connectivity index (χ1n) is 35.8. The lowest BCUT2D eigenvalue weighted by Crippen LogP contribution is -2.61. The number of carbonyl (C=O) groups excluding carboxylic acids is 9. The van der Waals surface area contributed by atoms with Crippen LogP contribution in [0.5, 0.6) is 0 Å². The molecule has 0 fully saturated rings. The normalized spacial score (nSPS) is 13.8. The summed E-state index contributed by atoms with van der Waals surface area (Å²) in [4.78, 5) is 145. The number of hydrogen-bond acceptors (Lipinski definition) is 15. The highest BCUT2D eigenvalue weighted by atomic mass is 16.2. The van der Waals surface area contributed by atoms with Gasteiger partial charge >= 0.3 is 0 Å². The second kappa shape index (κ2) is 40.3. The molecule has 34 heteroatoms. The maximum absolute atomic E-state index is 15.5. The minimum Gasteiger partial charge on any atom is -0.370 e. The van der Waals surface area contributed by atoms with E-state index in [0.29, 0.717) is 101 Å². The summed E-state index contributed by atoms with van der Waals surface area (Å²) >= 11 is 0. The lowest BCUT2D eigenvalue weighted by Gasteiger charge is -2.28. The van der Waals surface area contributed by atoms with Crippen molar-refractivity contribution >= 4 is 115 Å². The van der Waals surface area contributed by atoms with E-state index < -0.39 is 108 Å². The van der Waals surface area contributed by atoms with Crippen molar-refractivity contribution in [3.63, 3.8) is 0 Å². The number of benzene rings is 4. The van der Waals surface area contributed by atoms with Gasteiger partial charge in [0.05, 0.1) is 6.04 Å². The molecule has 572 valence electrons. The van der Waals surface area contributed by atoms with Crippen LogP contribution in [0.4, 0.5) is 0 Å². The molecule has 0 saturated carbocycles. The van der Waals surface area contributed by atoms with Gasteiger partial charge in [-0.2, -0.15) is 0 Å².